The van der Waals surface area contributed by atoms with E-state index in [0.29, 0.717) is 12.1 Å². The van der Waals surface area contributed by atoms with E-state index in [2.05, 4.69) is 46.4 Å². The number of hydrogen-bond donors (Lipinski definition) is 1. The largest absolute Gasteiger partial charge is 0.379 e. The second-order valence-electron chi connectivity index (χ2n) is 7.58. The molecule has 1 N–H and O–H groups in total. The molecule has 6 heteroatoms. The van der Waals surface area contributed by atoms with E-state index in [1.54, 1.807) is 18.0 Å². The van der Waals surface area contributed by atoms with Crippen molar-refractivity contribution >= 4 is 17.7 Å². The first kappa shape index (κ1) is 21.6. The van der Waals surface area contributed by atoms with Gasteiger partial charge in [0.05, 0.1) is 19.3 Å². The Bertz CT molecular complexity index is 989. The summed E-state index contributed by atoms with van der Waals surface area (Å²) in [6.07, 6.45) is 1.78. The van der Waals surface area contributed by atoms with E-state index in [1.807, 2.05) is 42.5 Å². The van der Waals surface area contributed by atoms with Gasteiger partial charge in [-0.25, -0.2) is 4.98 Å². The van der Waals surface area contributed by atoms with Crippen LogP contribution in [0, 0.1) is 6.92 Å². The minimum atomic E-state index is -0.0553. The fourth-order valence-electron chi connectivity index (χ4n) is 3.72. The van der Waals surface area contributed by atoms with Crippen molar-refractivity contribution in [3.8, 4) is 0 Å². The van der Waals surface area contributed by atoms with Crippen LogP contribution < -0.4 is 5.32 Å². The molecule has 0 spiro atoms. The van der Waals surface area contributed by atoms with Crippen molar-refractivity contribution < 1.29 is 9.53 Å². The van der Waals surface area contributed by atoms with Gasteiger partial charge >= 0.3 is 0 Å². The molecular formula is C25H27N3O2S. The Kier molecular flexibility index (Phi) is 7.35. The molecule has 1 aromatic heterocycles. The van der Waals surface area contributed by atoms with Crippen LogP contribution in [0.1, 0.15) is 27.5 Å². The van der Waals surface area contributed by atoms with Crippen molar-refractivity contribution in [3.63, 3.8) is 0 Å². The summed E-state index contributed by atoms with van der Waals surface area (Å²) < 4.78 is 5.52. The van der Waals surface area contributed by atoms with Gasteiger partial charge in [-0.15, -0.1) is 0 Å². The number of aryl methyl sites for hydroxylation is 1. The zero-order chi connectivity index (χ0) is 21.5. The molecule has 160 valence electrons. The Morgan fingerprint density at radius 1 is 1.10 bits per heavy atom. The Hall–Kier alpha value is -2.67. The summed E-state index contributed by atoms with van der Waals surface area (Å²) in [5.41, 5.74) is 3.11. The number of benzene rings is 2. The van der Waals surface area contributed by atoms with Crippen LogP contribution in [0.5, 0.6) is 0 Å². The standard InChI is InChI=1S/C25H27N3O2S/c1-19-5-4-6-21(17-19)23(28-13-15-30-16-14-28)18-27-25(29)20-8-10-22(11-9-20)31-24-7-2-3-12-26-24/h2-12,17,23H,13-16,18H2,1H3,(H,27,29). The smallest absolute Gasteiger partial charge is 0.251 e. The van der Waals surface area contributed by atoms with E-state index in [1.165, 1.54) is 11.1 Å². The van der Waals surface area contributed by atoms with Crippen molar-refractivity contribution in [1.82, 2.24) is 15.2 Å². The van der Waals surface area contributed by atoms with Gasteiger partial charge in [0.15, 0.2) is 0 Å². The van der Waals surface area contributed by atoms with Crippen LogP contribution in [0.4, 0.5) is 0 Å². The SMILES string of the molecule is Cc1cccc(C(CNC(=O)c2ccc(Sc3ccccn3)cc2)N2CCOCC2)c1. The van der Waals surface area contributed by atoms with E-state index in [9.17, 15) is 4.79 Å². The van der Waals surface area contributed by atoms with Gasteiger partial charge in [0.25, 0.3) is 5.91 Å². The fraction of sp³-hybridized carbons (Fsp3) is 0.280. The van der Waals surface area contributed by atoms with Crippen LogP contribution in [0.15, 0.2) is 82.8 Å². The highest BCUT2D eigenvalue weighted by Gasteiger charge is 2.23. The molecular weight excluding hydrogens is 406 g/mol. The van der Waals surface area contributed by atoms with Crippen molar-refractivity contribution in [2.45, 2.75) is 22.9 Å². The Balaban J connectivity index is 1.41. The fourth-order valence-corrected chi connectivity index (χ4v) is 4.49. The number of nitrogens with zero attached hydrogens (tertiary/aromatic N) is 2. The lowest BCUT2D eigenvalue weighted by Crippen LogP contribution is -2.43. The minimum Gasteiger partial charge on any atom is -0.379 e. The van der Waals surface area contributed by atoms with Gasteiger partial charge in [0.1, 0.15) is 5.03 Å². The zero-order valence-electron chi connectivity index (χ0n) is 17.7. The number of ether oxygens (including phenoxy) is 1. The highest BCUT2D eigenvalue weighted by molar-refractivity contribution is 7.99. The highest BCUT2D eigenvalue weighted by Crippen LogP contribution is 2.26. The molecule has 1 aliphatic rings. The number of carbonyl (C=O) groups excluding carboxylic acids is 1. The van der Waals surface area contributed by atoms with Gasteiger partial charge in [-0.05, 0) is 48.9 Å². The molecule has 2 heterocycles. The lowest BCUT2D eigenvalue weighted by atomic mass is 10.0. The first-order valence-corrected chi connectivity index (χ1v) is 11.4. The molecule has 0 radical (unpaired) electrons. The summed E-state index contributed by atoms with van der Waals surface area (Å²) >= 11 is 1.58. The van der Waals surface area contributed by atoms with E-state index in [0.717, 1.165) is 36.2 Å². The topological polar surface area (TPSA) is 54.5 Å². The number of pyridine rings is 1. The van der Waals surface area contributed by atoms with Crippen molar-refractivity contribution in [3.05, 3.63) is 89.6 Å². The number of amides is 1. The third kappa shape index (κ3) is 5.94. The van der Waals surface area contributed by atoms with E-state index >= 15 is 0 Å². The molecule has 2 aromatic carbocycles. The molecule has 1 fully saturated rings. The van der Waals surface area contributed by atoms with Gasteiger partial charge < -0.3 is 10.1 Å². The monoisotopic (exact) mass is 433 g/mol. The van der Waals surface area contributed by atoms with Crippen LogP contribution in [0.3, 0.4) is 0 Å². The average molecular weight is 434 g/mol. The molecule has 5 nitrogen and oxygen atoms in total. The molecule has 1 atom stereocenters. The molecule has 4 rings (SSSR count). The molecule has 1 amide bonds. The number of carbonyl (C=O) groups is 1. The maximum atomic E-state index is 12.8. The predicted molar refractivity (Wildman–Crippen MR) is 123 cm³/mol. The summed E-state index contributed by atoms with van der Waals surface area (Å²) in [4.78, 5) is 20.6. The van der Waals surface area contributed by atoms with Gasteiger partial charge in [0.2, 0.25) is 0 Å². The first-order chi connectivity index (χ1) is 15.2. The second-order valence-corrected chi connectivity index (χ2v) is 8.68. The Labute approximate surface area is 187 Å². The van der Waals surface area contributed by atoms with E-state index in [-0.39, 0.29) is 11.9 Å². The summed E-state index contributed by atoms with van der Waals surface area (Å²) in [6, 6.07) is 22.2. The molecule has 0 bridgehead atoms. The van der Waals surface area contributed by atoms with Gasteiger partial charge in [0, 0.05) is 36.3 Å². The molecule has 3 aromatic rings. The maximum absolute atomic E-state index is 12.8. The maximum Gasteiger partial charge on any atom is 0.251 e. The normalized spacial score (nSPS) is 15.4. The summed E-state index contributed by atoms with van der Waals surface area (Å²) in [6.45, 7) is 5.86. The Morgan fingerprint density at radius 2 is 1.90 bits per heavy atom. The number of nitrogens with one attached hydrogen (secondary N) is 1. The third-order valence-corrected chi connectivity index (χ3v) is 6.30. The van der Waals surface area contributed by atoms with Crippen LogP contribution in [-0.4, -0.2) is 48.6 Å². The highest BCUT2D eigenvalue weighted by atomic mass is 32.2. The minimum absolute atomic E-state index is 0.0553. The second kappa shape index (κ2) is 10.6. The van der Waals surface area contributed by atoms with Crippen LogP contribution in [-0.2, 0) is 4.74 Å². The van der Waals surface area contributed by atoms with Gasteiger partial charge in [-0.2, -0.15) is 0 Å². The van der Waals surface area contributed by atoms with Crippen LogP contribution in [0.2, 0.25) is 0 Å². The molecule has 1 unspecified atom stereocenters. The zero-order valence-corrected chi connectivity index (χ0v) is 18.5. The summed E-state index contributed by atoms with van der Waals surface area (Å²) in [5, 5.41) is 4.08. The number of aromatic nitrogens is 1. The molecule has 0 saturated carbocycles. The van der Waals surface area contributed by atoms with Crippen molar-refractivity contribution in [1.29, 1.82) is 0 Å². The molecule has 1 saturated heterocycles. The van der Waals surface area contributed by atoms with Crippen molar-refractivity contribution in [2.24, 2.45) is 0 Å². The van der Waals surface area contributed by atoms with Crippen LogP contribution in [0.25, 0.3) is 0 Å². The number of morpholine rings is 1. The quantitative estimate of drug-likeness (QED) is 0.601. The molecule has 31 heavy (non-hydrogen) atoms. The Morgan fingerprint density at radius 3 is 2.61 bits per heavy atom. The van der Waals surface area contributed by atoms with Gasteiger partial charge in [-0.3, -0.25) is 9.69 Å². The molecule has 1 aliphatic heterocycles. The number of hydrogen-bond acceptors (Lipinski definition) is 5. The first-order valence-electron chi connectivity index (χ1n) is 10.5. The van der Waals surface area contributed by atoms with E-state index < -0.39 is 0 Å². The summed E-state index contributed by atoms with van der Waals surface area (Å²) in [7, 11) is 0. The summed E-state index contributed by atoms with van der Waals surface area (Å²) in [5.74, 6) is -0.0553. The third-order valence-electron chi connectivity index (χ3n) is 5.35. The van der Waals surface area contributed by atoms with Gasteiger partial charge in [-0.1, -0.05) is 47.7 Å². The molecule has 0 aliphatic carbocycles. The lowest BCUT2D eigenvalue weighted by molar-refractivity contribution is 0.0162. The number of rotatable bonds is 7. The van der Waals surface area contributed by atoms with Crippen LogP contribution >= 0.6 is 11.8 Å². The van der Waals surface area contributed by atoms with E-state index in [4.69, 9.17) is 4.74 Å². The van der Waals surface area contributed by atoms with Crippen molar-refractivity contribution in [2.75, 3.05) is 32.8 Å². The lowest BCUT2D eigenvalue weighted by Gasteiger charge is -2.35. The average Bonchev–Trinajstić information content (AvgIpc) is 2.81. The predicted octanol–water partition coefficient (Wildman–Crippen LogP) is 4.34.